The molecule has 94 valence electrons. The molecule has 1 aliphatic heterocycles. The van der Waals surface area contributed by atoms with Crippen molar-refractivity contribution in [3.63, 3.8) is 0 Å². The van der Waals surface area contributed by atoms with Gasteiger partial charge in [-0.05, 0) is 33.4 Å². The highest BCUT2D eigenvalue weighted by molar-refractivity contribution is 5.74. The van der Waals surface area contributed by atoms with Crippen molar-refractivity contribution in [1.29, 1.82) is 0 Å². The van der Waals surface area contributed by atoms with Crippen molar-refractivity contribution in [3.05, 3.63) is 0 Å². The first-order valence-corrected chi connectivity index (χ1v) is 5.89. The predicted octanol–water partition coefficient (Wildman–Crippen LogP) is -0.439. The maximum Gasteiger partial charge on any atom is 0.243 e. The lowest BCUT2D eigenvalue weighted by Crippen LogP contribution is -2.46. The molecule has 0 aromatic carbocycles. The summed E-state index contributed by atoms with van der Waals surface area (Å²) < 4.78 is 5.09. The fourth-order valence-corrected chi connectivity index (χ4v) is 1.98. The second-order valence-corrected chi connectivity index (χ2v) is 4.52. The number of carbonyl (C=O) groups is 1. The van der Waals surface area contributed by atoms with E-state index in [2.05, 4.69) is 24.2 Å². The third-order valence-electron chi connectivity index (χ3n) is 3.13. The van der Waals surface area contributed by atoms with E-state index in [1.165, 1.54) is 12.8 Å². The van der Waals surface area contributed by atoms with Gasteiger partial charge in [0.05, 0.1) is 6.61 Å². The number of rotatable bonds is 6. The fraction of sp³-hybridized carbons (Fsp3) is 0.909. The average molecular weight is 229 g/mol. The van der Waals surface area contributed by atoms with Gasteiger partial charge >= 0.3 is 0 Å². The molecule has 1 amide bonds. The molecule has 1 fully saturated rings. The Labute approximate surface area is 97.3 Å². The molecule has 0 aliphatic carbocycles. The molecule has 0 spiro atoms. The number of hydrogen-bond acceptors (Lipinski definition) is 4. The van der Waals surface area contributed by atoms with E-state index >= 15 is 0 Å². The maximum absolute atomic E-state index is 10.4. The molecule has 1 saturated heterocycles. The minimum Gasteiger partial charge on any atom is -0.370 e. The molecule has 1 rings (SSSR count). The Morgan fingerprint density at radius 1 is 1.62 bits per heavy atom. The molecule has 0 aromatic rings. The van der Waals surface area contributed by atoms with Crippen molar-refractivity contribution in [1.82, 2.24) is 10.2 Å². The van der Waals surface area contributed by atoms with Gasteiger partial charge in [0, 0.05) is 18.6 Å². The van der Waals surface area contributed by atoms with Crippen LogP contribution in [-0.4, -0.2) is 56.2 Å². The molecule has 16 heavy (non-hydrogen) atoms. The number of ether oxygens (including phenoxy) is 1. The molecule has 0 bridgehead atoms. The van der Waals surface area contributed by atoms with Gasteiger partial charge in [0.2, 0.25) is 5.91 Å². The van der Waals surface area contributed by atoms with Crippen molar-refractivity contribution in [2.24, 2.45) is 5.73 Å². The highest BCUT2D eigenvalue weighted by Gasteiger charge is 2.21. The van der Waals surface area contributed by atoms with E-state index in [-0.39, 0.29) is 6.61 Å². The van der Waals surface area contributed by atoms with Crippen LogP contribution in [0.5, 0.6) is 0 Å². The van der Waals surface area contributed by atoms with Crippen LogP contribution in [0.2, 0.25) is 0 Å². The van der Waals surface area contributed by atoms with Crippen LogP contribution in [0.3, 0.4) is 0 Å². The first-order valence-electron chi connectivity index (χ1n) is 5.89. The zero-order chi connectivity index (χ0) is 12.0. The van der Waals surface area contributed by atoms with Crippen LogP contribution in [0.25, 0.3) is 0 Å². The summed E-state index contributed by atoms with van der Waals surface area (Å²) in [7, 11) is 2.16. The summed E-state index contributed by atoms with van der Waals surface area (Å²) in [5, 5.41) is 3.44. The van der Waals surface area contributed by atoms with Gasteiger partial charge in [-0.25, -0.2) is 0 Å². The van der Waals surface area contributed by atoms with E-state index in [0.29, 0.717) is 18.7 Å². The van der Waals surface area contributed by atoms with Gasteiger partial charge in [-0.2, -0.15) is 0 Å². The topological polar surface area (TPSA) is 67.6 Å². The second kappa shape index (κ2) is 6.83. The molecule has 3 N–H and O–H groups in total. The monoisotopic (exact) mass is 229 g/mol. The number of primary amides is 1. The Balaban J connectivity index is 2.03. The third-order valence-corrected chi connectivity index (χ3v) is 3.13. The number of likely N-dealkylation sites (tertiary alicyclic amines) is 1. The third kappa shape index (κ3) is 4.92. The smallest absolute Gasteiger partial charge is 0.243 e. The van der Waals surface area contributed by atoms with Crippen molar-refractivity contribution in [2.75, 3.05) is 33.4 Å². The summed E-state index contributed by atoms with van der Waals surface area (Å²) in [5.41, 5.74) is 4.96. The lowest BCUT2D eigenvalue weighted by atomic mass is 9.99. The Bertz CT molecular complexity index is 223. The van der Waals surface area contributed by atoms with Crippen LogP contribution in [0.1, 0.15) is 19.8 Å². The van der Waals surface area contributed by atoms with Crippen LogP contribution < -0.4 is 11.1 Å². The van der Waals surface area contributed by atoms with E-state index in [0.717, 1.165) is 13.1 Å². The fourth-order valence-electron chi connectivity index (χ4n) is 1.98. The minimum atomic E-state index is -0.409. The predicted molar refractivity (Wildman–Crippen MR) is 63.1 cm³/mol. The van der Waals surface area contributed by atoms with E-state index in [1.807, 2.05) is 0 Å². The molecular formula is C11H23N3O2. The SMILES string of the molecule is CC1CC(NCCOCC(N)=O)CCN1C. The number of amides is 1. The first-order chi connectivity index (χ1) is 7.59. The number of piperidine rings is 1. The van der Waals surface area contributed by atoms with Crippen LogP contribution in [0, 0.1) is 0 Å². The number of hydrogen-bond donors (Lipinski definition) is 2. The Kier molecular flexibility index (Phi) is 5.73. The molecular weight excluding hydrogens is 206 g/mol. The summed E-state index contributed by atoms with van der Waals surface area (Å²) in [4.78, 5) is 12.8. The molecule has 1 heterocycles. The summed E-state index contributed by atoms with van der Waals surface area (Å²) in [6.45, 7) is 4.74. The molecule has 2 unspecified atom stereocenters. The van der Waals surface area contributed by atoms with Gasteiger partial charge in [0.25, 0.3) is 0 Å². The summed E-state index contributed by atoms with van der Waals surface area (Å²) in [5.74, 6) is -0.409. The molecule has 0 radical (unpaired) electrons. The second-order valence-electron chi connectivity index (χ2n) is 4.52. The Hall–Kier alpha value is -0.650. The molecule has 5 nitrogen and oxygen atoms in total. The molecule has 0 saturated carbocycles. The first kappa shape index (κ1) is 13.4. The molecule has 1 aliphatic rings. The van der Waals surface area contributed by atoms with Gasteiger partial charge in [-0.15, -0.1) is 0 Å². The Morgan fingerprint density at radius 3 is 3.00 bits per heavy atom. The van der Waals surface area contributed by atoms with Gasteiger partial charge in [0.15, 0.2) is 0 Å². The quantitative estimate of drug-likeness (QED) is 0.606. The molecule has 0 aromatic heterocycles. The van der Waals surface area contributed by atoms with Gasteiger partial charge in [0.1, 0.15) is 6.61 Å². The maximum atomic E-state index is 10.4. The zero-order valence-corrected chi connectivity index (χ0v) is 10.2. The minimum absolute atomic E-state index is 0.0193. The van der Waals surface area contributed by atoms with Gasteiger partial charge in [-0.3, -0.25) is 4.79 Å². The standard InChI is InChI=1S/C11H23N3O2/c1-9-7-10(3-5-14(9)2)13-4-6-16-8-11(12)15/h9-10,13H,3-8H2,1-2H3,(H2,12,15). The van der Waals surface area contributed by atoms with E-state index in [1.54, 1.807) is 0 Å². The van der Waals surface area contributed by atoms with Gasteiger partial charge < -0.3 is 20.7 Å². The van der Waals surface area contributed by atoms with Crippen LogP contribution in [0.15, 0.2) is 0 Å². The van der Waals surface area contributed by atoms with Crippen molar-refractivity contribution in [3.8, 4) is 0 Å². The number of nitrogens with two attached hydrogens (primary N) is 1. The molecule has 2 atom stereocenters. The largest absolute Gasteiger partial charge is 0.370 e. The normalized spacial score (nSPS) is 26.9. The highest BCUT2D eigenvalue weighted by atomic mass is 16.5. The number of nitrogens with one attached hydrogen (secondary N) is 1. The average Bonchev–Trinajstić information content (AvgIpc) is 2.22. The van der Waals surface area contributed by atoms with Crippen LogP contribution >= 0.6 is 0 Å². The van der Waals surface area contributed by atoms with E-state index in [4.69, 9.17) is 10.5 Å². The highest BCUT2D eigenvalue weighted by Crippen LogP contribution is 2.14. The van der Waals surface area contributed by atoms with Crippen LogP contribution in [0.4, 0.5) is 0 Å². The van der Waals surface area contributed by atoms with Crippen LogP contribution in [-0.2, 0) is 9.53 Å². The zero-order valence-electron chi connectivity index (χ0n) is 10.2. The van der Waals surface area contributed by atoms with E-state index < -0.39 is 5.91 Å². The van der Waals surface area contributed by atoms with Crippen molar-refractivity contribution < 1.29 is 9.53 Å². The lowest BCUT2D eigenvalue weighted by molar-refractivity contribution is -0.122. The molecule has 5 heteroatoms. The number of nitrogens with zero attached hydrogens (tertiary/aromatic N) is 1. The summed E-state index contributed by atoms with van der Waals surface area (Å²) >= 11 is 0. The Morgan fingerprint density at radius 2 is 2.38 bits per heavy atom. The van der Waals surface area contributed by atoms with E-state index in [9.17, 15) is 4.79 Å². The van der Waals surface area contributed by atoms with Gasteiger partial charge in [-0.1, -0.05) is 0 Å². The summed E-state index contributed by atoms with van der Waals surface area (Å²) in [6, 6.07) is 1.21. The number of carbonyl (C=O) groups excluding carboxylic acids is 1. The summed E-state index contributed by atoms with van der Waals surface area (Å²) in [6.07, 6.45) is 2.35. The van der Waals surface area contributed by atoms with Crippen molar-refractivity contribution in [2.45, 2.75) is 31.8 Å². The lowest BCUT2D eigenvalue weighted by Gasteiger charge is -2.35. The van der Waals surface area contributed by atoms with Crippen molar-refractivity contribution >= 4 is 5.91 Å².